The molecule has 0 atom stereocenters. The molecule has 370 valence electrons. The van der Waals surface area contributed by atoms with Crippen LogP contribution in [0.1, 0.15) is 0 Å². The fourth-order valence-corrected chi connectivity index (χ4v) is 13.8. The summed E-state index contributed by atoms with van der Waals surface area (Å²) in [7, 11) is 0. The predicted octanol–water partition coefficient (Wildman–Crippen LogP) is 22.4. The summed E-state index contributed by atoms with van der Waals surface area (Å²) in [5, 5.41) is 18.9. The second-order valence-corrected chi connectivity index (χ2v) is 21.2. The van der Waals surface area contributed by atoms with Crippen molar-refractivity contribution in [1.82, 2.24) is 0 Å². The molecule has 2 nitrogen and oxygen atoms in total. The number of benzene rings is 15. The van der Waals surface area contributed by atoms with Crippen molar-refractivity contribution in [3.63, 3.8) is 0 Å². The molecule has 2 heterocycles. The van der Waals surface area contributed by atoms with Crippen LogP contribution in [0.25, 0.3) is 175 Å². The Morgan fingerprint density at radius 1 is 0.188 bits per heavy atom. The number of fused-ring (bicyclic) bond motifs is 13. The van der Waals surface area contributed by atoms with Crippen molar-refractivity contribution < 1.29 is 8.83 Å². The first-order valence-corrected chi connectivity index (χ1v) is 27.6. The molecular weight excluding hydrogens is 969 g/mol. The smallest absolute Gasteiger partial charge is 0.143 e. The minimum absolute atomic E-state index is 0.866. The summed E-state index contributed by atoms with van der Waals surface area (Å²) in [5.41, 5.74) is 17.8. The van der Waals surface area contributed by atoms with E-state index in [0.29, 0.717) is 0 Å². The van der Waals surface area contributed by atoms with Crippen molar-refractivity contribution in [2.45, 2.75) is 0 Å². The molecule has 0 radical (unpaired) electrons. The average Bonchev–Trinajstić information content (AvgIpc) is 4.19. The van der Waals surface area contributed by atoms with Crippen LogP contribution in [-0.4, -0.2) is 0 Å². The predicted molar refractivity (Wildman–Crippen MR) is 339 cm³/mol. The Labute approximate surface area is 460 Å². The lowest BCUT2D eigenvalue weighted by atomic mass is 9.82. The van der Waals surface area contributed by atoms with Crippen LogP contribution >= 0.6 is 0 Å². The standard InChI is InChI=1S/C78H46O2/c1-2-22-47(23-3-1)49-25-4-6-27-51(49)72-53-29-8-10-31-55(53)74(56-32-11-9-30-54(56)72)66-45-44-62(78-77(66)64-38-17-19-42-69(64)80-78)61-39-20-24-48-46-67(50-26-5-7-28-52(50)71(48)61)75-59-35-14-12-33-57(59)73(58-34-13-15-36-60(58)75)65-40-21-43-70-76(65)63-37-16-18-41-68(63)79-70/h1-46H. The summed E-state index contributed by atoms with van der Waals surface area (Å²) in [5.74, 6) is 0. The summed E-state index contributed by atoms with van der Waals surface area (Å²) < 4.78 is 13.7. The molecular formula is C78H46O2. The molecule has 0 bridgehead atoms. The first-order chi connectivity index (χ1) is 39.7. The van der Waals surface area contributed by atoms with Crippen molar-refractivity contribution in [2.24, 2.45) is 0 Å². The Balaban J connectivity index is 0.910. The van der Waals surface area contributed by atoms with Crippen LogP contribution in [0, 0.1) is 0 Å². The van der Waals surface area contributed by atoms with Gasteiger partial charge >= 0.3 is 0 Å². The highest BCUT2D eigenvalue weighted by Crippen LogP contribution is 2.53. The Kier molecular flexibility index (Phi) is 9.75. The molecule has 2 heteroatoms. The van der Waals surface area contributed by atoms with Crippen LogP contribution in [-0.2, 0) is 0 Å². The van der Waals surface area contributed by atoms with Gasteiger partial charge in [0.15, 0.2) is 0 Å². The van der Waals surface area contributed by atoms with Crippen molar-refractivity contribution in [2.75, 3.05) is 0 Å². The third kappa shape index (κ3) is 6.48. The molecule has 0 N–H and O–H groups in total. The normalized spacial score (nSPS) is 12.0. The molecule has 0 unspecified atom stereocenters. The molecule has 0 aliphatic heterocycles. The zero-order valence-electron chi connectivity index (χ0n) is 43.4. The van der Waals surface area contributed by atoms with E-state index >= 15 is 0 Å². The van der Waals surface area contributed by atoms with E-state index in [-0.39, 0.29) is 0 Å². The summed E-state index contributed by atoms with van der Waals surface area (Å²) in [4.78, 5) is 0. The third-order valence-electron chi connectivity index (χ3n) is 17.1. The SMILES string of the molecule is c1ccc(-c2ccccc2-c2c3ccccc3c(-c3ccc(-c4cccc5cc(-c6c7ccccc7c(-c7cccc8oc9ccccc9c78)c7ccccc67)c6ccccc6c45)c4oc5ccccc5c34)c3ccccc23)cc1. The number of hydrogen-bond acceptors (Lipinski definition) is 2. The molecule has 80 heavy (non-hydrogen) atoms. The second-order valence-electron chi connectivity index (χ2n) is 21.2. The van der Waals surface area contributed by atoms with Crippen molar-refractivity contribution in [3.05, 3.63) is 279 Å². The highest BCUT2D eigenvalue weighted by atomic mass is 16.3. The van der Waals surface area contributed by atoms with Gasteiger partial charge in [-0.05, 0) is 156 Å². The zero-order chi connectivity index (χ0) is 52.4. The van der Waals surface area contributed by atoms with Crippen molar-refractivity contribution >= 4 is 109 Å². The van der Waals surface area contributed by atoms with E-state index in [2.05, 4.69) is 273 Å². The molecule has 0 amide bonds. The van der Waals surface area contributed by atoms with Gasteiger partial charge in [0.1, 0.15) is 22.3 Å². The Hall–Kier alpha value is -10.5. The number of hydrogen-bond donors (Lipinski definition) is 0. The molecule has 0 saturated heterocycles. The van der Waals surface area contributed by atoms with Gasteiger partial charge in [0, 0.05) is 27.1 Å². The molecule has 0 aliphatic rings. The number of furan rings is 2. The minimum Gasteiger partial charge on any atom is -0.456 e. The van der Waals surface area contributed by atoms with Gasteiger partial charge in [-0.1, -0.05) is 249 Å². The van der Waals surface area contributed by atoms with E-state index in [1.165, 1.54) is 115 Å². The fraction of sp³-hybridized carbons (Fsp3) is 0. The molecule has 15 aromatic carbocycles. The summed E-state index contributed by atoms with van der Waals surface area (Å²) in [6.45, 7) is 0. The van der Waals surface area contributed by atoms with Crippen molar-refractivity contribution in [1.29, 1.82) is 0 Å². The minimum atomic E-state index is 0.866. The van der Waals surface area contributed by atoms with Gasteiger partial charge < -0.3 is 8.83 Å². The van der Waals surface area contributed by atoms with Crippen LogP contribution < -0.4 is 0 Å². The molecule has 0 spiro atoms. The van der Waals surface area contributed by atoms with E-state index in [4.69, 9.17) is 8.83 Å². The topological polar surface area (TPSA) is 26.3 Å². The third-order valence-corrected chi connectivity index (χ3v) is 17.1. The van der Waals surface area contributed by atoms with E-state index in [1.54, 1.807) is 0 Å². The van der Waals surface area contributed by atoms with Crippen LogP contribution in [0.3, 0.4) is 0 Å². The maximum atomic E-state index is 7.22. The van der Waals surface area contributed by atoms with E-state index < -0.39 is 0 Å². The van der Waals surface area contributed by atoms with E-state index in [1.807, 2.05) is 6.07 Å². The van der Waals surface area contributed by atoms with Crippen molar-refractivity contribution in [3.8, 4) is 66.8 Å². The Morgan fingerprint density at radius 3 is 1.18 bits per heavy atom. The lowest BCUT2D eigenvalue weighted by Gasteiger charge is -2.21. The molecule has 2 aromatic heterocycles. The lowest BCUT2D eigenvalue weighted by molar-refractivity contribution is 0.669. The Morgan fingerprint density at radius 2 is 0.575 bits per heavy atom. The van der Waals surface area contributed by atoms with Gasteiger partial charge in [0.05, 0.1) is 0 Å². The van der Waals surface area contributed by atoms with Crippen LogP contribution in [0.4, 0.5) is 0 Å². The first kappa shape index (κ1) is 44.6. The van der Waals surface area contributed by atoms with Gasteiger partial charge in [0.25, 0.3) is 0 Å². The fourth-order valence-electron chi connectivity index (χ4n) is 13.8. The van der Waals surface area contributed by atoms with E-state index in [0.717, 1.165) is 60.6 Å². The van der Waals surface area contributed by atoms with Crippen LogP contribution in [0.15, 0.2) is 288 Å². The molecule has 0 fully saturated rings. The highest BCUT2D eigenvalue weighted by Gasteiger charge is 2.26. The quantitative estimate of drug-likeness (QED) is 0.123. The van der Waals surface area contributed by atoms with Crippen LogP contribution in [0.5, 0.6) is 0 Å². The molecule has 0 saturated carbocycles. The second kappa shape index (κ2) is 17.5. The monoisotopic (exact) mass is 1010 g/mol. The maximum absolute atomic E-state index is 7.22. The van der Waals surface area contributed by atoms with Gasteiger partial charge in [-0.3, -0.25) is 0 Å². The van der Waals surface area contributed by atoms with Crippen LogP contribution in [0.2, 0.25) is 0 Å². The summed E-state index contributed by atoms with van der Waals surface area (Å²) in [6, 6.07) is 102. The van der Waals surface area contributed by atoms with Gasteiger partial charge in [-0.2, -0.15) is 0 Å². The average molecular weight is 1020 g/mol. The molecule has 0 aliphatic carbocycles. The molecule has 17 aromatic rings. The zero-order valence-corrected chi connectivity index (χ0v) is 43.4. The Bertz CT molecular complexity index is 5310. The molecule has 17 rings (SSSR count). The largest absolute Gasteiger partial charge is 0.456 e. The van der Waals surface area contributed by atoms with Gasteiger partial charge in [0.2, 0.25) is 0 Å². The summed E-state index contributed by atoms with van der Waals surface area (Å²) in [6.07, 6.45) is 0. The lowest BCUT2D eigenvalue weighted by Crippen LogP contribution is -1.94. The number of rotatable bonds is 6. The van der Waals surface area contributed by atoms with E-state index in [9.17, 15) is 0 Å². The first-order valence-electron chi connectivity index (χ1n) is 27.6. The maximum Gasteiger partial charge on any atom is 0.143 e. The van der Waals surface area contributed by atoms with Gasteiger partial charge in [-0.15, -0.1) is 0 Å². The van der Waals surface area contributed by atoms with Gasteiger partial charge in [-0.25, -0.2) is 0 Å². The highest BCUT2D eigenvalue weighted by molar-refractivity contribution is 6.31. The summed E-state index contributed by atoms with van der Waals surface area (Å²) >= 11 is 0. The number of para-hydroxylation sites is 2.